The van der Waals surface area contributed by atoms with Gasteiger partial charge in [0.2, 0.25) is 5.78 Å². The first-order valence-electron chi connectivity index (χ1n) is 5.90. The third-order valence-corrected chi connectivity index (χ3v) is 2.68. The van der Waals surface area contributed by atoms with E-state index in [0.29, 0.717) is 6.42 Å². The fraction of sp³-hybridized carbons (Fsp3) is 0.429. The van der Waals surface area contributed by atoms with Gasteiger partial charge in [-0.25, -0.2) is 4.79 Å². The van der Waals surface area contributed by atoms with E-state index in [-0.39, 0.29) is 18.9 Å². The second-order valence-electron chi connectivity index (χ2n) is 3.99. The Morgan fingerprint density at radius 2 is 1.88 bits per heavy atom. The van der Waals surface area contributed by atoms with Crippen molar-refractivity contribution in [2.45, 2.75) is 32.6 Å². The molecule has 0 aliphatic rings. The Morgan fingerprint density at radius 3 is 2.47 bits per heavy atom. The molecule has 17 heavy (non-hydrogen) atoms. The van der Waals surface area contributed by atoms with Gasteiger partial charge >= 0.3 is 5.97 Å². The molecule has 1 atom stereocenters. The molecular weight excluding hydrogens is 216 g/mol. The van der Waals surface area contributed by atoms with Gasteiger partial charge in [-0.2, -0.15) is 0 Å². The predicted molar refractivity (Wildman–Crippen MR) is 65.7 cm³/mol. The van der Waals surface area contributed by atoms with Gasteiger partial charge < -0.3 is 4.74 Å². The van der Waals surface area contributed by atoms with Crippen LogP contribution in [0, 0.1) is 0 Å². The van der Waals surface area contributed by atoms with Gasteiger partial charge in [-0.05, 0) is 24.8 Å². The zero-order valence-corrected chi connectivity index (χ0v) is 10.3. The van der Waals surface area contributed by atoms with Crippen LogP contribution in [0.1, 0.15) is 38.2 Å². The molecule has 0 radical (unpaired) electrons. The molecule has 0 aromatic heterocycles. The quantitative estimate of drug-likeness (QED) is 0.561. The molecule has 3 nitrogen and oxygen atoms in total. The summed E-state index contributed by atoms with van der Waals surface area (Å²) in [6, 6.07) is 9.96. The maximum Gasteiger partial charge on any atom is 0.374 e. The molecular formula is C14H18O3. The van der Waals surface area contributed by atoms with Crippen molar-refractivity contribution >= 4 is 11.8 Å². The number of benzene rings is 1. The standard InChI is InChI=1S/C14H18O3/c1-3-17-14(16)13(15)10-9-11(2)12-7-5-4-6-8-12/h4-8,11H,3,9-10H2,1-2H3. The number of carbonyl (C=O) groups is 2. The molecule has 1 aromatic rings. The zero-order chi connectivity index (χ0) is 12.7. The molecule has 0 N–H and O–H groups in total. The minimum absolute atomic E-state index is 0.245. The van der Waals surface area contributed by atoms with E-state index in [9.17, 15) is 9.59 Å². The number of carbonyl (C=O) groups excluding carboxylic acids is 2. The average molecular weight is 234 g/mol. The summed E-state index contributed by atoms with van der Waals surface area (Å²) in [4.78, 5) is 22.5. The zero-order valence-electron chi connectivity index (χ0n) is 10.3. The van der Waals surface area contributed by atoms with Crippen LogP contribution in [0.25, 0.3) is 0 Å². The fourth-order valence-electron chi connectivity index (χ4n) is 1.61. The van der Waals surface area contributed by atoms with Crippen molar-refractivity contribution < 1.29 is 14.3 Å². The van der Waals surface area contributed by atoms with Crippen LogP contribution >= 0.6 is 0 Å². The van der Waals surface area contributed by atoms with Gasteiger partial charge in [-0.1, -0.05) is 37.3 Å². The van der Waals surface area contributed by atoms with Gasteiger partial charge in [0.15, 0.2) is 0 Å². The summed E-state index contributed by atoms with van der Waals surface area (Å²) in [5, 5.41) is 0. The van der Waals surface area contributed by atoms with E-state index in [4.69, 9.17) is 0 Å². The third-order valence-electron chi connectivity index (χ3n) is 2.68. The highest BCUT2D eigenvalue weighted by Crippen LogP contribution is 2.20. The van der Waals surface area contributed by atoms with Crippen LogP contribution in [-0.4, -0.2) is 18.4 Å². The van der Waals surface area contributed by atoms with Crippen LogP contribution in [0.2, 0.25) is 0 Å². The lowest BCUT2D eigenvalue weighted by Gasteiger charge is -2.10. The van der Waals surface area contributed by atoms with E-state index >= 15 is 0 Å². The maximum absolute atomic E-state index is 11.4. The van der Waals surface area contributed by atoms with Crippen LogP contribution in [0.15, 0.2) is 30.3 Å². The van der Waals surface area contributed by atoms with Crippen molar-refractivity contribution in [1.29, 1.82) is 0 Å². The van der Waals surface area contributed by atoms with Crippen LogP contribution < -0.4 is 0 Å². The largest absolute Gasteiger partial charge is 0.460 e. The summed E-state index contributed by atoms with van der Waals surface area (Å²) >= 11 is 0. The number of esters is 1. The molecule has 0 heterocycles. The first-order chi connectivity index (χ1) is 8.15. The van der Waals surface area contributed by atoms with Gasteiger partial charge in [-0.15, -0.1) is 0 Å². The number of ketones is 1. The monoisotopic (exact) mass is 234 g/mol. The molecule has 0 saturated carbocycles. The summed E-state index contributed by atoms with van der Waals surface area (Å²) in [6.07, 6.45) is 0.913. The lowest BCUT2D eigenvalue weighted by atomic mass is 9.95. The molecule has 1 aromatic carbocycles. The molecule has 1 unspecified atom stereocenters. The lowest BCUT2D eigenvalue weighted by Crippen LogP contribution is -2.17. The van der Waals surface area contributed by atoms with E-state index in [2.05, 4.69) is 4.74 Å². The summed E-state index contributed by atoms with van der Waals surface area (Å²) < 4.78 is 4.65. The van der Waals surface area contributed by atoms with E-state index in [0.717, 1.165) is 0 Å². The van der Waals surface area contributed by atoms with E-state index in [1.54, 1.807) is 6.92 Å². The van der Waals surface area contributed by atoms with Gasteiger partial charge in [-0.3, -0.25) is 4.79 Å². The molecule has 0 bridgehead atoms. The Morgan fingerprint density at radius 1 is 1.24 bits per heavy atom. The van der Waals surface area contributed by atoms with Gasteiger partial charge in [0, 0.05) is 6.42 Å². The van der Waals surface area contributed by atoms with Gasteiger partial charge in [0.1, 0.15) is 0 Å². The summed E-state index contributed by atoms with van der Waals surface area (Å²) in [6.45, 7) is 3.99. The smallest absolute Gasteiger partial charge is 0.374 e. The molecule has 92 valence electrons. The van der Waals surface area contributed by atoms with Gasteiger partial charge in [0.25, 0.3) is 0 Å². The Kier molecular flexibility index (Phi) is 5.40. The van der Waals surface area contributed by atoms with E-state index in [1.807, 2.05) is 37.3 Å². The molecule has 3 heteroatoms. The van der Waals surface area contributed by atoms with Gasteiger partial charge in [0.05, 0.1) is 6.61 Å². The highest BCUT2D eigenvalue weighted by molar-refractivity contribution is 6.33. The number of hydrogen-bond acceptors (Lipinski definition) is 3. The van der Waals surface area contributed by atoms with Crippen molar-refractivity contribution in [2.75, 3.05) is 6.61 Å². The molecule has 1 rings (SSSR count). The average Bonchev–Trinajstić information content (AvgIpc) is 2.36. The summed E-state index contributed by atoms with van der Waals surface area (Å²) in [5.74, 6) is -0.878. The second-order valence-corrected chi connectivity index (χ2v) is 3.99. The Hall–Kier alpha value is -1.64. The Bertz CT molecular complexity index is 370. The minimum Gasteiger partial charge on any atom is -0.460 e. The normalized spacial score (nSPS) is 11.9. The Balaban J connectivity index is 2.41. The SMILES string of the molecule is CCOC(=O)C(=O)CCC(C)c1ccccc1. The van der Waals surface area contributed by atoms with E-state index in [1.165, 1.54) is 5.56 Å². The maximum atomic E-state index is 11.4. The summed E-state index contributed by atoms with van der Waals surface area (Å²) in [7, 11) is 0. The lowest BCUT2D eigenvalue weighted by molar-refractivity contribution is -0.153. The third kappa shape index (κ3) is 4.39. The van der Waals surface area contributed by atoms with Crippen molar-refractivity contribution in [3.8, 4) is 0 Å². The van der Waals surface area contributed by atoms with Crippen molar-refractivity contribution in [2.24, 2.45) is 0 Å². The number of Topliss-reactive ketones (excluding diaryl/α,β-unsaturated/α-hetero) is 1. The van der Waals surface area contributed by atoms with Crippen molar-refractivity contribution in [1.82, 2.24) is 0 Å². The first kappa shape index (κ1) is 13.4. The van der Waals surface area contributed by atoms with Crippen molar-refractivity contribution in [3.63, 3.8) is 0 Å². The Labute approximate surface area is 102 Å². The number of rotatable bonds is 6. The first-order valence-corrected chi connectivity index (χ1v) is 5.90. The predicted octanol–water partition coefficient (Wildman–Crippen LogP) is 2.70. The molecule has 0 amide bonds. The molecule has 0 spiro atoms. The number of ether oxygens (including phenoxy) is 1. The second kappa shape index (κ2) is 6.84. The van der Waals surface area contributed by atoms with Crippen LogP contribution in [-0.2, 0) is 14.3 Å². The highest BCUT2D eigenvalue weighted by atomic mass is 16.5. The van der Waals surface area contributed by atoms with E-state index < -0.39 is 11.8 Å². The molecule has 0 saturated heterocycles. The topological polar surface area (TPSA) is 43.4 Å². The van der Waals surface area contributed by atoms with Crippen LogP contribution in [0.4, 0.5) is 0 Å². The van der Waals surface area contributed by atoms with Crippen molar-refractivity contribution in [3.05, 3.63) is 35.9 Å². The molecule has 0 aliphatic carbocycles. The fourth-order valence-corrected chi connectivity index (χ4v) is 1.61. The minimum atomic E-state index is -0.715. The van der Waals surface area contributed by atoms with Crippen LogP contribution in [0.3, 0.4) is 0 Å². The molecule has 0 aliphatic heterocycles. The summed E-state index contributed by atoms with van der Waals surface area (Å²) in [5.41, 5.74) is 1.18. The highest BCUT2D eigenvalue weighted by Gasteiger charge is 2.16. The van der Waals surface area contributed by atoms with Crippen LogP contribution in [0.5, 0.6) is 0 Å². The molecule has 0 fully saturated rings. The number of hydrogen-bond donors (Lipinski definition) is 0.